The van der Waals surface area contributed by atoms with Crippen LogP contribution in [0.4, 0.5) is 4.79 Å². The number of nitrogens with zero attached hydrogens (tertiary/aromatic N) is 2. The molecule has 1 atom stereocenters. The average molecular weight is 316 g/mol. The van der Waals surface area contributed by atoms with Crippen LogP contribution in [-0.4, -0.2) is 53.0 Å². The number of primary amides is 1. The molecule has 0 bridgehead atoms. The van der Waals surface area contributed by atoms with E-state index < -0.39 is 11.6 Å². The van der Waals surface area contributed by atoms with Crippen molar-refractivity contribution in [2.45, 2.75) is 37.9 Å². The van der Waals surface area contributed by atoms with Crippen molar-refractivity contribution < 1.29 is 9.59 Å². The molecule has 1 aromatic rings. The molecule has 1 heterocycles. The number of rotatable bonds is 4. The molecule has 2 fully saturated rings. The lowest BCUT2D eigenvalue weighted by atomic mass is 10.1. The lowest BCUT2D eigenvalue weighted by Crippen LogP contribution is -2.60. The SMILES string of the molecule is C[C@@H]1CN(Cc2ccccc2)CCN1C(=O)C1(NC(N)=O)CC1. The number of hydrogen-bond donors (Lipinski definition) is 2. The summed E-state index contributed by atoms with van der Waals surface area (Å²) in [4.78, 5) is 28.1. The number of carbonyl (C=O) groups excluding carboxylic acids is 2. The monoisotopic (exact) mass is 316 g/mol. The zero-order valence-corrected chi connectivity index (χ0v) is 13.5. The van der Waals surface area contributed by atoms with Crippen LogP contribution in [0.15, 0.2) is 30.3 Å². The number of carbonyl (C=O) groups is 2. The highest BCUT2D eigenvalue weighted by Gasteiger charge is 2.53. The van der Waals surface area contributed by atoms with E-state index in [1.54, 1.807) is 0 Å². The Bertz CT molecular complexity index is 586. The molecule has 1 saturated heterocycles. The number of nitrogens with two attached hydrogens (primary N) is 1. The summed E-state index contributed by atoms with van der Waals surface area (Å²) < 4.78 is 0. The van der Waals surface area contributed by atoms with Gasteiger partial charge in [-0.2, -0.15) is 0 Å². The van der Waals surface area contributed by atoms with Crippen LogP contribution in [0.5, 0.6) is 0 Å². The Labute approximate surface area is 136 Å². The first kappa shape index (κ1) is 15.8. The average Bonchev–Trinajstić information content (AvgIpc) is 3.28. The summed E-state index contributed by atoms with van der Waals surface area (Å²) >= 11 is 0. The van der Waals surface area contributed by atoms with Crippen molar-refractivity contribution >= 4 is 11.9 Å². The molecule has 0 aromatic heterocycles. The van der Waals surface area contributed by atoms with Gasteiger partial charge in [0.1, 0.15) is 5.54 Å². The smallest absolute Gasteiger partial charge is 0.313 e. The molecular formula is C17H24N4O2. The van der Waals surface area contributed by atoms with Crippen molar-refractivity contribution in [1.29, 1.82) is 0 Å². The van der Waals surface area contributed by atoms with E-state index in [1.165, 1.54) is 5.56 Å². The van der Waals surface area contributed by atoms with Gasteiger partial charge in [-0.15, -0.1) is 0 Å². The van der Waals surface area contributed by atoms with Crippen molar-refractivity contribution in [2.24, 2.45) is 5.73 Å². The predicted molar refractivity (Wildman–Crippen MR) is 87.6 cm³/mol. The molecule has 0 radical (unpaired) electrons. The third kappa shape index (κ3) is 3.47. The zero-order valence-electron chi connectivity index (χ0n) is 13.5. The minimum atomic E-state index is -0.734. The van der Waals surface area contributed by atoms with E-state index >= 15 is 0 Å². The van der Waals surface area contributed by atoms with Crippen molar-refractivity contribution in [3.8, 4) is 0 Å². The highest BCUT2D eigenvalue weighted by Crippen LogP contribution is 2.38. The van der Waals surface area contributed by atoms with Crippen LogP contribution in [0.1, 0.15) is 25.3 Å². The highest BCUT2D eigenvalue weighted by molar-refractivity contribution is 5.93. The Morgan fingerprint density at radius 3 is 2.52 bits per heavy atom. The van der Waals surface area contributed by atoms with E-state index in [2.05, 4.69) is 29.3 Å². The molecule has 1 aliphatic carbocycles. The summed E-state index contributed by atoms with van der Waals surface area (Å²) in [5.74, 6) is 0.0168. The number of nitrogens with one attached hydrogen (secondary N) is 1. The Hall–Kier alpha value is -2.08. The molecule has 0 spiro atoms. The van der Waals surface area contributed by atoms with Crippen LogP contribution < -0.4 is 11.1 Å². The second kappa shape index (κ2) is 6.20. The van der Waals surface area contributed by atoms with Gasteiger partial charge in [0.15, 0.2) is 0 Å². The summed E-state index contributed by atoms with van der Waals surface area (Å²) in [5, 5.41) is 2.63. The van der Waals surface area contributed by atoms with Crippen LogP contribution in [0.2, 0.25) is 0 Å². The Morgan fingerprint density at radius 2 is 1.96 bits per heavy atom. The summed E-state index contributed by atoms with van der Waals surface area (Å²) in [5.41, 5.74) is 5.75. The molecule has 124 valence electrons. The zero-order chi connectivity index (χ0) is 16.4. The van der Waals surface area contributed by atoms with Crippen LogP contribution in [0.3, 0.4) is 0 Å². The molecule has 1 saturated carbocycles. The topological polar surface area (TPSA) is 78.7 Å². The molecule has 6 nitrogen and oxygen atoms in total. The number of amides is 3. The molecule has 0 unspecified atom stereocenters. The van der Waals surface area contributed by atoms with Crippen LogP contribution >= 0.6 is 0 Å². The van der Waals surface area contributed by atoms with Crippen molar-refractivity contribution in [3.05, 3.63) is 35.9 Å². The number of hydrogen-bond acceptors (Lipinski definition) is 3. The molecule has 1 aromatic carbocycles. The molecule has 6 heteroatoms. The first-order valence-electron chi connectivity index (χ1n) is 8.15. The second-order valence-electron chi connectivity index (χ2n) is 6.64. The van der Waals surface area contributed by atoms with Crippen LogP contribution in [0.25, 0.3) is 0 Å². The number of piperazine rings is 1. The molecular weight excluding hydrogens is 292 g/mol. The Balaban J connectivity index is 1.58. The third-order valence-corrected chi connectivity index (χ3v) is 4.74. The molecule has 23 heavy (non-hydrogen) atoms. The van der Waals surface area contributed by atoms with Gasteiger partial charge in [-0.1, -0.05) is 30.3 Å². The first-order valence-corrected chi connectivity index (χ1v) is 8.15. The maximum Gasteiger partial charge on any atom is 0.313 e. The minimum Gasteiger partial charge on any atom is -0.352 e. The van der Waals surface area contributed by atoms with Crippen LogP contribution in [-0.2, 0) is 11.3 Å². The molecule has 1 aliphatic heterocycles. The van der Waals surface area contributed by atoms with Gasteiger partial charge in [0, 0.05) is 32.2 Å². The van der Waals surface area contributed by atoms with Gasteiger partial charge in [-0.05, 0) is 25.3 Å². The maximum atomic E-state index is 12.7. The van der Waals surface area contributed by atoms with E-state index in [0.29, 0.717) is 19.4 Å². The Kier molecular flexibility index (Phi) is 4.26. The number of urea groups is 1. The fourth-order valence-electron chi connectivity index (χ4n) is 3.35. The van der Waals surface area contributed by atoms with Gasteiger partial charge in [-0.3, -0.25) is 9.69 Å². The minimum absolute atomic E-state index is 0.0168. The predicted octanol–water partition coefficient (Wildman–Crippen LogP) is 0.920. The summed E-state index contributed by atoms with van der Waals surface area (Å²) in [7, 11) is 0. The normalized spacial score (nSPS) is 23.3. The lowest BCUT2D eigenvalue weighted by molar-refractivity contribution is -0.139. The number of benzene rings is 1. The van der Waals surface area contributed by atoms with Gasteiger partial charge in [0.05, 0.1) is 0 Å². The van der Waals surface area contributed by atoms with Crippen molar-refractivity contribution in [3.63, 3.8) is 0 Å². The maximum absolute atomic E-state index is 12.7. The summed E-state index contributed by atoms with van der Waals surface area (Å²) in [6, 6.07) is 9.87. The summed E-state index contributed by atoms with van der Waals surface area (Å²) in [6.07, 6.45) is 1.37. The van der Waals surface area contributed by atoms with E-state index in [1.807, 2.05) is 23.1 Å². The Morgan fingerprint density at radius 1 is 1.26 bits per heavy atom. The van der Waals surface area contributed by atoms with Gasteiger partial charge in [0.2, 0.25) is 5.91 Å². The molecule has 3 N–H and O–H groups in total. The van der Waals surface area contributed by atoms with E-state index in [0.717, 1.165) is 19.6 Å². The van der Waals surface area contributed by atoms with Gasteiger partial charge in [-0.25, -0.2) is 4.79 Å². The quantitative estimate of drug-likeness (QED) is 0.867. The van der Waals surface area contributed by atoms with Crippen LogP contribution in [0, 0.1) is 0 Å². The van der Waals surface area contributed by atoms with Gasteiger partial charge < -0.3 is 16.0 Å². The lowest BCUT2D eigenvalue weighted by Gasteiger charge is -2.41. The van der Waals surface area contributed by atoms with Gasteiger partial charge in [0.25, 0.3) is 0 Å². The van der Waals surface area contributed by atoms with E-state index in [9.17, 15) is 9.59 Å². The van der Waals surface area contributed by atoms with Gasteiger partial charge >= 0.3 is 6.03 Å². The largest absolute Gasteiger partial charge is 0.352 e. The first-order chi connectivity index (χ1) is 11.0. The fourth-order valence-corrected chi connectivity index (χ4v) is 3.35. The standard InChI is InChI=1S/C17H24N4O2/c1-13-11-20(12-14-5-3-2-4-6-14)9-10-21(13)15(22)17(7-8-17)19-16(18)23/h2-6,13H,7-12H2,1H3,(H3,18,19,23)/t13-/m1/s1. The third-order valence-electron chi connectivity index (χ3n) is 4.74. The highest BCUT2D eigenvalue weighted by atomic mass is 16.2. The second-order valence-corrected chi connectivity index (χ2v) is 6.64. The summed E-state index contributed by atoms with van der Waals surface area (Å²) in [6.45, 7) is 5.34. The van der Waals surface area contributed by atoms with E-state index in [4.69, 9.17) is 5.73 Å². The van der Waals surface area contributed by atoms with Crippen molar-refractivity contribution in [1.82, 2.24) is 15.1 Å². The molecule has 2 aliphatic rings. The molecule has 3 rings (SSSR count). The fraction of sp³-hybridized carbons (Fsp3) is 0.529. The van der Waals surface area contributed by atoms with Crippen molar-refractivity contribution in [2.75, 3.05) is 19.6 Å². The molecule has 3 amide bonds. The van der Waals surface area contributed by atoms with E-state index in [-0.39, 0.29) is 11.9 Å².